The van der Waals surface area contributed by atoms with Crippen molar-refractivity contribution in [3.63, 3.8) is 0 Å². The van der Waals surface area contributed by atoms with E-state index in [0.717, 1.165) is 18.2 Å². The number of hydrogen-bond acceptors (Lipinski definition) is 6. The van der Waals surface area contributed by atoms with Gasteiger partial charge in [0.05, 0.1) is 11.5 Å². The van der Waals surface area contributed by atoms with Gasteiger partial charge in [-0.05, 0) is 11.5 Å². The summed E-state index contributed by atoms with van der Waals surface area (Å²) in [5, 5.41) is 33.1. The first-order valence-corrected chi connectivity index (χ1v) is 4.43. The molecule has 103 valence electrons. The van der Waals surface area contributed by atoms with Crippen LogP contribution in [-0.4, -0.2) is 23.9 Å². The maximum Gasteiger partial charge on any atom is 2.00 e. The van der Waals surface area contributed by atoms with Crippen LogP contribution in [0.1, 0.15) is 5.56 Å². The molecule has 0 spiro atoms. The van der Waals surface area contributed by atoms with Crippen LogP contribution in [0, 0.1) is 10.1 Å². The van der Waals surface area contributed by atoms with Crippen molar-refractivity contribution >= 4 is 11.6 Å². The second-order valence-corrected chi connectivity index (χ2v) is 2.91. The molecule has 0 aliphatic rings. The first kappa shape index (κ1) is 18.7. The van der Waals surface area contributed by atoms with E-state index in [9.17, 15) is 20.3 Å². The summed E-state index contributed by atoms with van der Waals surface area (Å²) in [4.78, 5) is 13.2. The number of nitrogens with two attached hydrogens (primary N) is 1. The van der Waals surface area contributed by atoms with Crippen LogP contribution in [0.5, 0.6) is 5.75 Å². The first-order chi connectivity index (χ1) is 7.56. The standard InChI is InChI=1S/C9H11N3O4.Cu.H2O/c10-3-4-11-9(14)7-5-6(12(15)16)1-2-8(7)13;;/h1-2,5,13H,3-4,10H2,(H,11,14);;1H2/q;+2;/p-1. The summed E-state index contributed by atoms with van der Waals surface area (Å²) < 4.78 is 0. The van der Waals surface area contributed by atoms with Gasteiger partial charge in [0.25, 0.3) is 5.69 Å². The maximum absolute atomic E-state index is 11.4. The molecule has 9 heteroatoms. The molecule has 1 aromatic rings. The average Bonchev–Trinajstić information content (AvgIpc) is 2.26. The van der Waals surface area contributed by atoms with Crippen LogP contribution >= 0.6 is 0 Å². The van der Waals surface area contributed by atoms with Crippen LogP contribution in [0.25, 0.3) is 0 Å². The maximum atomic E-state index is 11.4. The van der Waals surface area contributed by atoms with E-state index in [1.54, 1.807) is 0 Å². The SMILES string of the molecule is NCCN=C([O-])c1cc([N+](=O)[O-])ccc1[O-].[Cu+2].[OH3+]. The minimum Gasteiger partial charge on any atom is -0.872 e. The Hall–Kier alpha value is -1.67. The van der Waals surface area contributed by atoms with Crippen LogP contribution < -0.4 is 15.9 Å². The number of nitro benzene ring substituents is 1. The van der Waals surface area contributed by atoms with Crippen molar-refractivity contribution in [1.29, 1.82) is 0 Å². The molecule has 1 radical (unpaired) electrons. The number of hydrogen-bond donors (Lipinski definition) is 1. The fourth-order valence-corrected chi connectivity index (χ4v) is 1.05. The van der Waals surface area contributed by atoms with Crippen molar-refractivity contribution in [2.45, 2.75) is 0 Å². The molecule has 0 amide bonds. The molecule has 0 saturated heterocycles. The predicted molar refractivity (Wildman–Crippen MR) is 57.9 cm³/mol. The molecule has 5 N–H and O–H groups in total. The van der Waals surface area contributed by atoms with Crippen molar-refractivity contribution in [2.75, 3.05) is 13.1 Å². The molecule has 0 aliphatic carbocycles. The minimum absolute atomic E-state index is 0. The molecule has 1 aromatic carbocycles. The molecule has 0 bridgehead atoms. The third-order valence-corrected chi connectivity index (χ3v) is 1.79. The van der Waals surface area contributed by atoms with E-state index in [2.05, 4.69) is 4.99 Å². The van der Waals surface area contributed by atoms with Crippen LogP contribution in [0.4, 0.5) is 5.69 Å². The Morgan fingerprint density at radius 1 is 1.44 bits per heavy atom. The van der Waals surface area contributed by atoms with Crippen molar-refractivity contribution < 1.29 is 37.7 Å². The minimum atomic E-state index is -0.779. The molecule has 1 rings (SSSR count). The molecule has 18 heavy (non-hydrogen) atoms. The zero-order valence-corrected chi connectivity index (χ0v) is 10.1. The summed E-state index contributed by atoms with van der Waals surface area (Å²) >= 11 is 0. The van der Waals surface area contributed by atoms with Crippen LogP contribution in [-0.2, 0) is 22.5 Å². The molecule has 0 heterocycles. The Bertz CT molecular complexity index is 438. The third kappa shape index (κ3) is 4.68. The molecule has 0 unspecified atom stereocenters. The number of nitrogens with zero attached hydrogens (tertiary/aromatic N) is 2. The van der Waals surface area contributed by atoms with Crippen molar-refractivity contribution in [2.24, 2.45) is 10.7 Å². The molecule has 0 atom stereocenters. The van der Waals surface area contributed by atoms with Gasteiger partial charge >= 0.3 is 17.1 Å². The van der Waals surface area contributed by atoms with E-state index in [-0.39, 0.29) is 46.9 Å². The van der Waals surface area contributed by atoms with E-state index in [4.69, 9.17) is 5.73 Å². The van der Waals surface area contributed by atoms with Crippen LogP contribution in [0.3, 0.4) is 0 Å². The van der Waals surface area contributed by atoms with E-state index in [1.807, 2.05) is 0 Å². The van der Waals surface area contributed by atoms with Gasteiger partial charge < -0.3 is 21.4 Å². The molecule has 0 aromatic heterocycles. The largest absolute Gasteiger partial charge is 2.00 e. The second-order valence-electron chi connectivity index (χ2n) is 2.91. The zero-order chi connectivity index (χ0) is 12.1. The Morgan fingerprint density at radius 2 is 2.06 bits per heavy atom. The van der Waals surface area contributed by atoms with Crippen LogP contribution in [0.15, 0.2) is 23.2 Å². The number of benzene rings is 1. The summed E-state index contributed by atoms with van der Waals surface area (Å²) in [5.41, 5.74) is 4.52. The fourth-order valence-electron chi connectivity index (χ4n) is 1.05. The summed E-state index contributed by atoms with van der Waals surface area (Å²) in [5.74, 6) is -1.37. The summed E-state index contributed by atoms with van der Waals surface area (Å²) in [6, 6.07) is 2.94. The van der Waals surface area contributed by atoms with E-state index < -0.39 is 16.6 Å². The van der Waals surface area contributed by atoms with Gasteiger partial charge in [-0.15, -0.1) is 5.75 Å². The molecular formula is C9H12CuN3O5+. The number of nitro groups is 1. The predicted octanol–water partition coefficient (Wildman–Crippen LogP) is -2.19. The Morgan fingerprint density at radius 3 is 2.56 bits per heavy atom. The number of rotatable bonds is 4. The Labute approximate surface area is 113 Å². The first-order valence-electron chi connectivity index (χ1n) is 4.43. The normalized spacial score (nSPS) is 10.2. The molecular weight excluding hydrogens is 294 g/mol. The monoisotopic (exact) mass is 305 g/mol. The van der Waals surface area contributed by atoms with Gasteiger partial charge in [-0.25, -0.2) is 0 Å². The third-order valence-electron chi connectivity index (χ3n) is 1.79. The van der Waals surface area contributed by atoms with Crippen LogP contribution in [0.2, 0.25) is 0 Å². The van der Waals surface area contributed by atoms with Gasteiger partial charge in [-0.1, -0.05) is 6.07 Å². The summed E-state index contributed by atoms with van der Waals surface area (Å²) in [6.45, 7) is 0.260. The topological polar surface area (TPSA) is 161 Å². The quantitative estimate of drug-likeness (QED) is 0.167. The Kier molecular flexibility index (Phi) is 8.75. The van der Waals surface area contributed by atoms with Gasteiger partial charge in [0.1, 0.15) is 0 Å². The smallest absolute Gasteiger partial charge is 0.872 e. The van der Waals surface area contributed by atoms with Gasteiger partial charge in [-0.3, -0.25) is 15.1 Å². The average molecular weight is 306 g/mol. The van der Waals surface area contributed by atoms with E-state index in [0.29, 0.717) is 0 Å². The van der Waals surface area contributed by atoms with Crippen molar-refractivity contribution in [1.82, 2.24) is 0 Å². The Balaban J connectivity index is 0. The summed E-state index contributed by atoms with van der Waals surface area (Å²) in [7, 11) is 0. The molecule has 0 saturated carbocycles. The summed E-state index contributed by atoms with van der Waals surface area (Å²) in [6.07, 6.45) is 0. The zero-order valence-electron chi connectivity index (χ0n) is 9.13. The number of aliphatic imine (C=N–C) groups is 1. The van der Waals surface area contributed by atoms with Crippen molar-refractivity contribution in [3.8, 4) is 5.75 Å². The van der Waals surface area contributed by atoms with Gasteiger partial charge in [0, 0.05) is 18.7 Å². The van der Waals surface area contributed by atoms with E-state index >= 15 is 0 Å². The van der Waals surface area contributed by atoms with Gasteiger partial charge in [-0.2, -0.15) is 0 Å². The van der Waals surface area contributed by atoms with Gasteiger partial charge in [0.15, 0.2) is 0 Å². The molecule has 0 fully saturated rings. The van der Waals surface area contributed by atoms with Gasteiger partial charge in [0.2, 0.25) is 0 Å². The molecule has 0 aliphatic heterocycles. The fraction of sp³-hybridized carbons (Fsp3) is 0.222. The number of non-ortho nitro benzene ring substituents is 1. The van der Waals surface area contributed by atoms with E-state index in [1.165, 1.54) is 0 Å². The molecule has 8 nitrogen and oxygen atoms in total. The second kappa shape index (κ2) is 8.42. The van der Waals surface area contributed by atoms with Crippen molar-refractivity contribution in [3.05, 3.63) is 33.9 Å².